The van der Waals surface area contributed by atoms with Gasteiger partial charge >= 0.3 is 0 Å². The lowest BCUT2D eigenvalue weighted by Crippen LogP contribution is -2.15. The standard InChI is InChI=1S/C10H17NO/c1-6(2)10(11)9-5-7(3)8(4)12-9/h5-6,10H,11H2,1-4H3. The topological polar surface area (TPSA) is 39.2 Å². The van der Waals surface area contributed by atoms with Crippen LogP contribution in [0.15, 0.2) is 10.5 Å². The quantitative estimate of drug-likeness (QED) is 0.735. The van der Waals surface area contributed by atoms with E-state index in [4.69, 9.17) is 10.2 Å². The zero-order valence-electron chi connectivity index (χ0n) is 8.22. The Morgan fingerprint density at radius 1 is 1.33 bits per heavy atom. The summed E-state index contributed by atoms with van der Waals surface area (Å²) in [7, 11) is 0. The lowest BCUT2D eigenvalue weighted by molar-refractivity contribution is 0.391. The summed E-state index contributed by atoms with van der Waals surface area (Å²) in [5.74, 6) is 2.30. The van der Waals surface area contributed by atoms with Crippen molar-refractivity contribution in [2.45, 2.75) is 33.7 Å². The molecule has 1 aromatic rings. The van der Waals surface area contributed by atoms with Gasteiger partial charge in [0, 0.05) is 0 Å². The summed E-state index contributed by atoms with van der Waals surface area (Å²) in [4.78, 5) is 0. The Morgan fingerprint density at radius 2 is 1.92 bits per heavy atom. The molecule has 0 saturated heterocycles. The van der Waals surface area contributed by atoms with Crippen LogP contribution >= 0.6 is 0 Å². The Labute approximate surface area is 73.8 Å². The van der Waals surface area contributed by atoms with Gasteiger partial charge in [0.15, 0.2) is 0 Å². The van der Waals surface area contributed by atoms with Crippen molar-refractivity contribution < 1.29 is 4.42 Å². The van der Waals surface area contributed by atoms with Crippen molar-refractivity contribution in [1.82, 2.24) is 0 Å². The van der Waals surface area contributed by atoms with Crippen LogP contribution < -0.4 is 5.73 Å². The molecule has 1 unspecified atom stereocenters. The van der Waals surface area contributed by atoms with Crippen molar-refractivity contribution in [2.24, 2.45) is 11.7 Å². The maximum absolute atomic E-state index is 5.93. The van der Waals surface area contributed by atoms with E-state index in [-0.39, 0.29) is 6.04 Å². The molecule has 0 aliphatic rings. The van der Waals surface area contributed by atoms with Crippen LogP contribution in [0.2, 0.25) is 0 Å². The average Bonchev–Trinajstić information content (AvgIpc) is 2.30. The Morgan fingerprint density at radius 3 is 2.25 bits per heavy atom. The number of hydrogen-bond acceptors (Lipinski definition) is 2. The molecule has 1 atom stereocenters. The molecule has 0 aliphatic heterocycles. The molecular weight excluding hydrogens is 150 g/mol. The van der Waals surface area contributed by atoms with E-state index in [2.05, 4.69) is 13.8 Å². The maximum atomic E-state index is 5.93. The van der Waals surface area contributed by atoms with Crippen LogP contribution in [0.4, 0.5) is 0 Å². The molecule has 1 rings (SSSR count). The lowest BCUT2D eigenvalue weighted by Gasteiger charge is -2.11. The maximum Gasteiger partial charge on any atom is 0.121 e. The van der Waals surface area contributed by atoms with Gasteiger partial charge in [-0.2, -0.15) is 0 Å². The minimum absolute atomic E-state index is 0.0254. The molecule has 0 amide bonds. The summed E-state index contributed by atoms with van der Waals surface area (Å²) in [6, 6.07) is 2.05. The largest absolute Gasteiger partial charge is 0.464 e. The molecule has 2 heteroatoms. The highest BCUT2D eigenvalue weighted by atomic mass is 16.3. The summed E-state index contributed by atoms with van der Waals surface area (Å²) in [5, 5.41) is 0. The van der Waals surface area contributed by atoms with E-state index < -0.39 is 0 Å². The van der Waals surface area contributed by atoms with E-state index in [9.17, 15) is 0 Å². The van der Waals surface area contributed by atoms with Crippen LogP contribution in [0.1, 0.15) is 37.0 Å². The van der Waals surface area contributed by atoms with Crippen LogP contribution in [-0.4, -0.2) is 0 Å². The Hall–Kier alpha value is -0.760. The molecule has 0 bridgehead atoms. The first-order valence-electron chi connectivity index (χ1n) is 4.35. The van der Waals surface area contributed by atoms with Gasteiger partial charge < -0.3 is 10.2 Å². The molecule has 12 heavy (non-hydrogen) atoms. The van der Waals surface area contributed by atoms with Crippen molar-refractivity contribution >= 4 is 0 Å². The average molecular weight is 167 g/mol. The molecule has 0 spiro atoms. The molecular formula is C10H17NO. The predicted molar refractivity (Wildman–Crippen MR) is 49.9 cm³/mol. The summed E-state index contributed by atoms with van der Waals surface area (Å²) >= 11 is 0. The number of aryl methyl sites for hydroxylation is 2. The van der Waals surface area contributed by atoms with Gasteiger partial charge in [-0.15, -0.1) is 0 Å². The number of rotatable bonds is 2. The van der Waals surface area contributed by atoms with Crippen molar-refractivity contribution in [3.63, 3.8) is 0 Å². The molecule has 0 aliphatic carbocycles. The monoisotopic (exact) mass is 167 g/mol. The number of hydrogen-bond donors (Lipinski definition) is 1. The second-order valence-corrected chi connectivity index (χ2v) is 3.66. The van der Waals surface area contributed by atoms with Crippen molar-refractivity contribution in [2.75, 3.05) is 0 Å². The SMILES string of the molecule is Cc1cc(C(N)C(C)C)oc1C. The van der Waals surface area contributed by atoms with Gasteiger partial charge in [0.2, 0.25) is 0 Å². The molecule has 2 nitrogen and oxygen atoms in total. The molecule has 68 valence electrons. The third kappa shape index (κ3) is 1.69. The van der Waals surface area contributed by atoms with Gasteiger partial charge in [-0.25, -0.2) is 0 Å². The van der Waals surface area contributed by atoms with Gasteiger partial charge in [0.05, 0.1) is 6.04 Å². The Balaban J connectivity index is 2.89. The van der Waals surface area contributed by atoms with E-state index in [0.29, 0.717) is 5.92 Å². The van der Waals surface area contributed by atoms with E-state index in [0.717, 1.165) is 11.5 Å². The summed E-state index contributed by atoms with van der Waals surface area (Å²) in [6.07, 6.45) is 0. The Bertz CT molecular complexity index is 243. The number of furan rings is 1. The number of nitrogens with two attached hydrogens (primary N) is 1. The van der Waals surface area contributed by atoms with E-state index in [1.54, 1.807) is 0 Å². The van der Waals surface area contributed by atoms with Crippen molar-refractivity contribution in [3.8, 4) is 0 Å². The highest BCUT2D eigenvalue weighted by Crippen LogP contribution is 2.23. The van der Waals surface area contributed by atoms with Crippen LogP contribution in [0.5, 0.6) is 0 Å². The van der Waals surface area contributed by atoms with Crippen LogP contribution in [0, 0.1) is 19.8 Å². The van der Waals surface area contributed by atoms with Gasteiger partial charge in [-0.05, 0) is 31.4 Å². The predicted octanol–water partition coefficient (Wildman–Crippen LogP) is 2.55. The second kappa shape index (κ2) is 3.31. The fraction of sp³-hybridized carbons (Fsp3) is 0.600. The van der Waals surface area contributed by atoms with Gasteiger partial charge in [-0.3, -0.25) is 0 Å². The molecule has 0 fully saturated rings. The van der Waals surface area contributed by atoms with E-state index >= 15 is 0 Å². The lowest BCUT2D eigenvalue weighted by atomic mass is 10.0. The second-order valence-electron chi connectivity index (χ2n) is 3.66. The molecule has 0 aromatic carbocycles. The molecule has 0 saturated carbocycles. The van der Waals surface area contributed by atoms with E-state index in [1.165, 1.54) is 5.56 Å². The fourth-order valence-electron chi connectivity index (χ4n) is 1.09. The third-order valence-corrected chi connectivity index (χ3v) is 2.23. The van der Waals surface area contributed by atoms with Gasteiger partial charge in [-0.1, -0.05) is 13.8 Å². The summed E-state index contributed by atoms with van der Waals surface area (Å²) < 4.78 is 5.51. The van der Waals surface area contributed by atoms with Crippen LogP contribution in [0.3, 0.4) is 0 Å². The molecule has 2 N–H and O–H groups in total. The first-order valence-corrected chi connectivity index (χ1v) is 4.35. The fourth-order valence-corrected chi connectivity index (χ4v) is 1.09. The summed E-state index contributed by atoms with van der Waals surface area (Å²) in [5.41, 5.74) is 7.11. The molecule has 0 radical (unpaired) electrons. The minimum Gasteiger partial charge on any atom is -0.464 e. The van der Waals surface area contributed by atoms with Gasteiger partial charge in [0.25, 0.3) is 0 Å². The van der Waals surface area contributed by atoms with Crippen molar-refractivity contribution in [1.29, 1.82) is 0 Å². The van der Waals surface area contributed by atoms with E-state index in [1.807, 2.05) is 19.9 Å². The van der Waals surface area contributed by atoms with Crippen LogP contribution in [0.25, 0.3) is 0 Å². The molecule has 1 heterocycles. The smallest absolute Gasteiger partial charge is 0.121 e. The first kappa shape index (κ1) is 9.33. The zero-order chi connectivity index (χ0) is 9.30. The van der Waals surface area contributed by atoms with Gasteiger partial charge in [0.1, 0.15) is 11.5 Å². The first-order chi connectivity index (χ1) is 5.52. The highest BCUT2D eigenvalue weighted by Gasteiger charge is 2.15. The Kier molecular flexibility index (Phi) is 2.58. The normalized spacial score (nSPS) is 13.8. The van der Waals surface area contributed by atoms with Crippen molar-refractivity contribution in [3.05, 3.63) is 23.2 Å². The zero-order valence-corrected chi connectivity index (χ0v) is 8.22. The third-order valence-electron chi connectivity index (χ3n) is 2.23. The highest BCUT2D eigenvalue weighted by molar-refractivity contribution is 5.20. The molecule has 1 aromatic heterocycles. The summed E-state index contributed by atoms with van der Waals surface area (Å²) in [6.45, 7) is 8.19. The van der Waals surface area contributed by atoms with Crippen LogP contribution in [-0.2, 0) is 0 Å². The minimum atomic E-state index is 0.0254.